The third-order valence-corrected chi connectivity index (χ3v) is 3.56. The minimum Gasteiger partial charge on any atom is -0.495 e. The van der Waals surface area contributed by atoms with Crippen LogP contribution in [0.3, 0.4) is 0 Å². The molecule has 0 aliphatic heterocycles. The van der Waals surface area contributed by atoms with Crippen LogP contribution in [0.1, 0.15) is 16.1 Å². The van der Waals surface area contributed by atoms with E-state index in [1.165, 1.54) is 19.2 Å². The summed E-state index contributed by atoms with van der Waals surface area (Å²) >= 11 is 12.2. The molecule has 0 aliphatic carbocycles. The van der Waals surface area contributed by atoms with Crippen LogP contribution < -0.4 is 15.6 Å². The highest BCUT2D eigenvalue weighted by Gasteiger charge is 2.10. The zero-order valence-corrected chi connectivity index (χ0v) is 13.2. The molecule has 22 heavy (non-hydrogen) atoms. The first kappa shape index (κ1) is 16.3. The Morgan fingerprint density at radius 1 is 1.32 bits per heavy atom. The normalized spacial score (nSPS) is 10.3. The highest BCUT2D eigenvalue weighted by atomic mass is 35.5. The number of amides is 1. The van der Waals surface area contributed by atoms with E-state index >= 15 is 0 Å². The van der Waals surface area contributed by atoms with Crippen molar-refractivity contribution in [1.82, 2.24) is 15.5 Å². The minimum absolute atomic E-state index is 0.137. The topological polar surface area (TPSA) is 84.1 Å². The van der Waals surface area contributed by atoms with Crippen LogP contribution in [0.4, 0.5) is 0 Å². The van der Waals surface area contributed by atoms with Crippen molar-refractivity contribution in [1.29, 1.82) is 0 Å². The van der Waals surface area contributed by atoms with Crippen LogP contribution >= 0.6 is 23.2 Å². The number of halogens is 2. The van der Waals surface area contributed by atoms with E-state index < -0.39 is 0 Å². The van der Waals surface area contributed by atoms with Gasteiger partial charge in [0.25, 0.3) is 11.5 Å². The average Bonchev–Trinajstić information content (AvgIpc) is 2.50. The predicted octanol–water partition coefficient (Wildman–Crippen LogP) is 2.06. The van der Waals surface area contributed by atoms with Crippen molar-refractivity contribution in [3.05, 3.63) is 55.9 Å². The quantitative estimate of drug-likeness (QED) is 0.871. The van der Waals surface area contributed by atoms with E-state index in [9.17, 15) is 9.59 Å². The maximum atomic E-state index is 11.8. The van der Waals surface area contributed by atoms with Crippen LogP contribution in [0.5, 0.6) is 5.75 Å². The van der Waals surface area contributed by atoms with Crippen molar-refractivity contribution < 1.29 is 9.53 Å². The Morgan fingerprint density at radius 2 is 2.09 bits per heavy atom. The summed E-state index contributed by atoms with van der Waals surface area (Å²) in [6, 6.07) is 5.92. The second-order valence-electron chi connectivity index (χ2n) is 4.39. The van der Waals surface area contributed by atoms with E-state index in [4.69, 9.17) is 27.9 Å². The minimum atomic E-state index is -0.382. The number of hydrogen-bond acceptors (Lipinski definition) is 4. The van der Waals surface area contributed by atoms with E-state index in [1.54, 1.807) is 12.1 Å². The average molecular weight is 342 g/mol. The second-order valence-corrected chi connectivity index (χ2v) is 5.20. The van der Waals surface area contributed by atoms with Gasteiger partial charge in [-0.05, 0) is 24.1 Å². The third kappa shape index (κ3) is 3.99. The maximum absolute atomic E-state index is 11.8. The van der Waals surface area contributed by atoms with Crippen LogP contribution in [0.25, 0.3) is 0 Å². The Balaban J connectivity index is 1.96. The highest BCUT2D eigenvalue weighted by molar-refractivity contribution is 6.34. The first-order valence-corrected chi connectivity index (χ1v) is 7.12. The first-order chi connectivity index (χ1) is 10.5. The number of aromatic nitrogens is 2. The fourth-order valence-corrected chi connectivity index (χ4v) is 2.30. The lowest BCUT2D eigenvalue weighted by Crippen LogP contribution is -2.27. The molecule has 0 saturated heterocycles. The van der Waals surface area contributed by atoms with E-state index in [-0.39, 0.29) is 17.2 Å². The molecule has 0 saturated carbocycles. The van der Waals surface area contributed by atoms with Gasteiger partial charge in [-0.25, -0.2) is 5.10 Å². The monoisotopic (exact) mass is 341 g/mol. The lowest BCUT2D eigenvalue weighted by molar-refractivity contribution is 0.0948. The smallest absolute Gasteiger partial charge is 0.271 e. The van der Waals surface area contributed by atoms with E-state index in [0.29, 0.717) is 28.8 Å². The largest absolute Gasteiger partial charge is 0.495 e. The van der Waals surface area contributed by atoms with Crippen molar-refractivity contribution >= 4 is 29.1 Å². The number of hydrogen-bond donors (Lipinski definition) is 2. The van der Waals surface area contributed by atoms with E-state index in [2.05, 4.69) is 15.5 Å². The molecule has 0 aliphatic rings. The molecule has 6 nitrogen and oxygen atoms in total. The number of carbonyl (C=O) groups excluding carboxylic acids is 1. The molecule has 1 amide bonds. The van der Waals surface area contributed by atoms with Crippen LogP contribution in [-0.4, -0.2) is 29.8 Å². The van der Waals surface area contributed by atoms with Gasteiger partial charge in [0.15, 0.2) is 0 Å². The van der Waals surface area contributed by atoms with Crippen LogP contribution in [0.2, 0.25) is 10.0 Å². The van der Waals surface area contributed by atoms with Gasteiger partial charge < -0.3 is 10.1 Å². The Bertz CT molecular complexity index is 726. The molecule has 0 fully saturated rings. The number of ether oxygens (including phenoxy) is 1. The number of aromatic amines is 1. The van der Waals surface area contributed by atoms with Crippen molar-refractivity contribution in [3.8, 4) is 5.75 Å². The van der Waals surface area contributed by atoms with Crippen molar-refractivity contribution in [2.45, 2.75) is 6.42 Å². The van der Waals surface area contributed by atoms with Crippen LogP contribution in [0.15, 0.2) is 29.1 Å². The van der Waals surface area contributed by atoms with E-state index in [0.717, 1.165) is 5.56 Å². The van der Waals surface area contributed by atoms with Gasteiger partial charge in [-0.1, -0.05) is 23.2 Å². The first-order valence-electron chi connectivity index (χ1n) is 6.37. The summed E-state index contributed by atoms with van der Waals surface area (Å²) in [6.07, 6.45) is 0.498. The van der Waals surface area contributed by atoms with E-state index in [1.807, 2.05) is 0 Å². The zero-order valence-electron chi connectivity index (χ0n) is 11.7. The van der Waals surface area contributed by atoms with Crippen molar-refractivity contribution in [2.24, 2.45) is 0 Å². The maximum Gasteiger partial charge on any atom is 0.271 e. The molecule has 2 aromatic rings. The van der Waals surface area contributed by atoms with Gasteiger partial charge in [-0.3, -0.25) is 9.59 Å². The Kier molecular flexibility index (Phi) is 5.41. The second kappa shape index (κ2) is 7.29. The van der Waals surface area contributed by atoms with Gasteiger partial charge >= 0.3 is 0 Å². The SMILES string of the molecule is COc1cc(Cl)c(CCNC(=O)c2ccc(=O)[nH]n2)cc1Cl. The predicted molar refractivity (Wildman–Crippen MR) is 83.9 cm³/mol. The molecular formula is C14H13Cl2N3O3. The van der Waals surface area contributed by atoms with Gasteiger partial charge in [-0.2, -0.15) is 5.10 Å². The molecule has 0 bridgehead atoms. The standard InChI is InChI=1S/C14H13Cl2N3O3/c1-22-12-7-9(15)8(6-10(12)16)4-5-17-14(21)11-2-3-13(20)19-18-11/h2-3,6-7H,4-5H2,1H3,(H,17,21)(H,19,20). The number of H-pyrrole nitrogens is 1. The molecule has 116 valence electrons. The zero-order chi connectivity index (χ0) is 16.1. The Labute approximate surface area is 136 Å². The molecule has 0 atom stereocenters. The number of carbonyl (C=O) groups is 1. The summed E-state index contributed by atoms with van der Waals surface area (Å²) < 4.78 is 5.07. The summed E-state index contributed by atoms with van der Waals surface area (Å²) in [5.41, 5.74) is 0.567. The Hall–Kier alpha value is -2.05. The fourth-order valence-electron chi connectivity index (χ4n) is 1.79. The van der Waals surface area contributed by atoms with Gasteiger partial charge in [0, 0.05) is 23.7 Å². The lowest BCUT2D eigenvalue weighted by atomic mass is 10.1. The number of nitrogens with zero attached hydrogens (tertiary/aromatic N) is 1. The Morgan fingerprint density at radius 3 is 2.73 bits per heavy atom. The number of rotatable bonds is 5. The van der Waals surface area contributed by atoms with Gasteiger partial charge in [0.05, 0.1) is 12.1 Å². The summed E-state index contributed by atoms with van der Waals surface area (Å²) in [7, 11) is 1.51. The van der Waals surface area contributed by atoms with Crippen LogP contribution in [0, 0.1) is 0 Å². The molecule has 2 rings (SSSR count). The lowest BCUT2D eigenvalue weighted by Gasteiger charge is -2.09. The summed E-state index contributed by atoms with van der Waals surface area (Å²) in [6.45, 7) is 0.349. The summed E-state index contributed by atoms with van der Waals surface area (Å²) in [4.78, 5) is 22.7. The molecule has 0 spiro atoms. The van der Waals surface area contributed by atoms with Gasteiger partial charge in [0.1, 0.15) is 11.4 Å². The number of benzene rings is 1. The number of methoxy groups -OCH3 is 1. The molecule has 1 aromatic carbocycles. The molecule has 2 N–H and O–H groups in total. The molecular weight excluding hydrogens is 329 g/mol. The fraction of sp³-hybridized carbons (Fsp3) is 0.214. The summed E-state index contributed by atoms with van der Waals surface area (Å²) in [5, 5.41) is 9.50. The molecule has 8 heteroatoms. The van der Waals surface area contributed by atoms with Gasteiger partial charge in [-0.15, -0.1) is 0 Å². The molecule has 0 radical (unpaired) electrons. The number of nitrogens with one attached hydrogen (secondary N) is 2. The molecule has 0 unspecified atom stereocenters. The van der Waals surface area contributed by atoms with Crippen LogP contribution in [-0.2, 0) is 6.42 Å². The molecule has 1 heterocycles. The van der Waals surface area contributed by atoms with Crippen molar-refractivity contribution in [2.75, 3.05) is 13.7 Å². The molecule has 1 aromatic heterocycles. The van der Waals surface area contributed by atoms with Crippen molar-refractivity contribution in [3.63, 3.8) is 0 Å². The highest BCUT2D eigenvalue weighted by Crippen LogP contribution is 2.30. The summed E-state index contributed by atoms with van der Waals surface area (Å²) in [5.74, 6) is 0.115. The third-order valence-electron chi connectivity index (χ3n) is 2.91. The van der Waals surface area contributed by atoms with Gasteiger partial charge in [0.2, 0.25) is 0 Å².